The maximum Gasteiger partial charge on any atom is 0.322 e. The van der Waals surface area contributed by atoms with Crippen molar-refractivity contribution in [2.45, 2.75) is 31.5 Å². The highest BCUT2D eigenvalue weighted by Crippen LogP contribution is 2.31. The molecular weight excluding hydrogens is 497 g/mol. The number of hydrogen-bond donors (Lipinski definition) is 2. The molecule has 3 aliphatic heterocycles. The van der Waals surface area contributed by atoms with Gasteiger partial charge in [0.05, 0.1) is 5.69 Å². The van der Waals surface area contributed by atoms with Crippen LogP contribution >= 0.6 is 11.6 Å². The van der Waals surface area contributed by atoms with Crippen LogP contribution in [-0.2, 0) is 16.1 Å². The largest absolute Gasteiger partial charge is 0.353 e. The number of anilines is 1. The molecule has 2 aromatic carbocycles. The first kappa shape index (κ1) is 25.2. The average molecular weight is 526 g/mol. The van der Waals surface area contributed by atoms with Crippen LogP contribution < -0.4 is 10.6 Å². The van der Waals surface area contributed by atoms with Crippen molar-refractivity contribution in [1.29, 1.82) is 0 Å². The summed E-state index contributed by atoms with van der Waals surface area (Å²) in [6, 6.07) is 11.5. The van der Waals surface area contributed by atoms with Crippen LogP contribution in [0.1, 0.15) is 24.0 Å². The Kier molecular flexibility index (Phi) is 7.43. The molecule has 0 radical (unpaired) electrons. The number of nitrogens with one attached hydrogen (secondary N) is 2. The Hall–Kier alpha value is -3.43. The van der Waals surface area contributed by atoms with Crippen LogP contribution in [0.4, 0.5) is 14.9 Å². The van der Waals surface area contributed by atoms with Gasteiger partial charge in [0.2, 0.25) is 11.8 Å². The quantitative estimate of drug-likeness (QED) is 0.586. The van der Waals surface area contributed by atoms with Crippen LogP contribution in [0.2, 0.25) is 5.02 Å². The van der Waals surface area contributed by atoms with Crippen LogP contribution in [0.5, 0.6) is 0 Å². The van der Waals surface area contributed by atoms with Crippen molar-refractivity contribution >= 4 is 41.2 Å². The molecule has 8 nitrogen and oxygen atoms in total. The van der Waals surface area contributed by atoms with Gasteiger partial charge >= 0.3 is 6.03 Å². The average Bonchev–Trinajstić information content (AvgIpc) is 3.15. The smallest absolute Gasteiger partial charge is 0.322 e. The molecule has 0 saturated carbocycles. The first-order chi connectivity index (χ1) is 17.9. The maximum atomic E-state index is 13.2. The summed E-state index contributed by atoms with van der Waals surface area (Å²) in [5.41, 5.74) is 2.18. The molecule has 3 saturated heterocycles. The van der Waals surface area contributed by atoms with Crippen molar-refractivity contribution in [3.63, 3.8) is 0 Å². The van der Waals surface area contributed by atoms with Crippen LogP contribution in [-0.4, -0.2) is 77.4 Å². The molecule has 0 aromatic heterocycles. The zero-order chi connectivity index (χ0) is 25.9. The van der Waals surface area contributed by atoms with Crippen molar-refractivity contribution < 1.29 is 18.8 Å². The highest BCUT2D eigenvalue weighted by atomic mass is 35.5. The molecule has 10 heteroatoms. The molecule has 5 rings (SSSR count). The van der Waals surface area contributed by atoms with E-state index in [0.29, 0.717) is 29.4 Å². The molecule has 2 unspecified atom stereocenters. The van der Waals surface area contributed by atoms with Crippen LogP contribution in [0.15, 0.2) is 48.5 Å². The highest BCUT2D eigenvalue weighted by molar-refractivity contribution is 6.31. The third-order valence-electron chi connectivity index (χ3n) is 7.12. The molecule has 4 amide bonds. The Bertz CT molecular complexity index is 1210. The summed E-state index contributed by atoms with van der Waals surface area (Å²) in [4.78, 5) is 43.3. The van der Waals surface area contributed by atoms with Crippen molar-refractivity contribution in [2.75, 3.05) is 38.0 Å². The Balaban J connectivity index is 1.23. The van der Waals surface area contributed by atoms with E-state index >= 15 is 0 Å². The molecule has 3 heterocycles. The number of rotatable bonds is 5. The van der Waals surface area contributed by atoms with E-state index in [2.05, 4.69) is 15.5 Å². The van der Waals surface area contributed by atoms with Gasteiger partial charge in [0, 0.05) is 55.9 Å². The number of amides is 4. The van der Waals surface area contributed by atoms with Crippen molar-refractivity contribution in [3.8, 4) is 0 Å². The van der Waals surface area contributed by atoms with E-state index < -0.39 is 6.03 Å². The SMILES string of the molecule is O=C1CN(C(=O)Nc2cc(Cl)ccc2/C=C/C(=O)N2C3CCC2CN(Cc2ccc(F)cc2)C3)CCN1. The van der Waals surface area contributed by atoms with Gasteiger partial charge in [0.1, 0.15) is 12.4 Å². The number of fused-ring (bicyclic) bond motifs is 2. The third kappa shape index (κ3) is 5.94. The van der Waals surface area contributed by atoms with Gasteiger partial charge in [-0.15, -0.1) is 0 Å². The first-order valence-corrected chi connectivity index (χ1v) is 12.8. The van der Waals surface area contributed by atoms with Gasteiger partial charge in [-0.1, -0.05) is 29.8 Å². The molecule has 2 aromatic rings. The van der Waals surface area contributed by atoms with E-state index in [9.17, 15) is 18.8 Å². The Labute approximate surface area is 220 Å². The fourth-order valence-electron chi connectivity index (χ4n) is 5.36. The number of nitrogens with zero attached hydrogens (tertiary/aromatic N) is 3. The summed E-state index contributed by atoms with van der Waals surface area (Å²) >= 11 is 6.17. The number of hydrogen-bond acceptors (Lipinski definition) is 4. The van der Waals surface area contributed by atoms with Crippen LogP contribution in [0, 0.1) is 5.82 Å². The lowest BCUT2D eigenvalue weighted by Gasteiger charge is -2.40. The molecule has 2 bridgehead atoms. The summed E-state index contributed by atoms with van der Waals surface area (Å²) in [5.74, 6) is -0.507. The highest BCUT2D eigenvalue weighted by Gasteiger charge is 2.41. The lowest BCUT2D eigenvalue weighted by molar-refractivity contribution is -0.131. The van der Waals surface area contributed by atoms with Gasteiger partial charge in [-0.2, -0.15) is 0 Å². The van der Waals surface area contributed by atoms with Crippen molar-refractivity contribution in [2.24, 2.45) is 0 Å². The number of piperazine rings is 2. The number of halogens is 2. The second kappa shape index (κ2) is 10.9. The predicted octanol–water partition coefficient (Wildman–Crippen LogP) is 3.33. The Morgan fingerprint density at radius 3 is 2.54 bits per heavy atom. The summed E-state index contributed by atoms with van der Waals surface area (Å²) in [7, 11) is 0. The fraction of sp³-hybridized carbons (Fsp3) is 0.370. The second-order valence-corrected chi connectivity index (χ2v) is 10.2. The topological polar surface area (TPSA) is 85.0 Å². The van der Waals surface area contributed by atoms with Gasteiger partial charge in [-0.3, -0.25) is 14.5 Å². The molecule has 0 aliphatic carbocycles. The fourth-order valence-corrected chi connectivity index (χ4v) is 5.53. The minimum atomic E-state index is -0.395. The van der Waals surface area contributed by atoms with E-state index in [4.69, 9.17) is 11.6 Å². The zero-order valence-electron chi connectivity index (χ0n) is 20.3. The molecule has 3 fully saturated rings. The predicted molar refractivity (Wildman–Crippen MR) is 139 cm³/mol. The lowest BCUT2D eigenvalue weighted by Crippen LogP contribution is -2.55. The van der Waals surface area contributed by atoms with E-state index in [-0.39, 0.29) is 36.3 Å². The van der Waals surface area contributed by atoms with Crippen LogP contribution in [0.3, 0.4) is 0 Å². The normalized spacial score (nSPS) is 21.8. The van der Waals surface area contributed by atoms with Gasteiger partial charge in [-0.25, -0.2) is 9.18 Å². The number of likely N-dealkylation sites (tertiary alicyclic amines) is 1. The minimum absolute atomic E-state index is 0.00796. The number of benzene rings is 2. The van der Waals surface area contributed by atoms with Gasteiger partial charge in [-0.05, 0) is 54.3 Å². The van der Waals surface area contributed by atoms with Crippen LogP contribution in [0.25, 0.3) is 6.08 Å². The first-order valence-electron chi connectivity index (χ1n) is 12.4. The molecule has 37 heavy (non-hydrogen) atoms. The third-order valence-corrected chi connectivity index (χ3v) is 7.35. The van der Waals surface area contributed by atoms with Crippen molar-refractivity contribution in [1.82, 2.24) is 20.0 Å². The molecule has 3 aliphatic rings. The molecule has 2 atom stereocenters. The van der Waals surface area contributed by atoms with Gasteiger partial charge in [0.25, 0.3) is 0 Å². The summed E-state index contributed by atoms with van der Waals surface area (Å²) in [5, 5.41) is 5.97. The molecule has 194 valence electrons. The minimum Gasteiger partial charge on any atom is -0.353 e. The summed E-state index contributed by atoms with van der Waals surface area (Å²) in [6.07, 6.45) is 5.15. The molecule has 0 spiro atoms. The van der Waals surface area contributed by atoms with E-state index in [0.717, 1.165) is 38.0 Å². The lowest BCUT2D eigenvalue weighted by atomic mass is 10.1. The number of carbonyl (C=O) groups excluding carboxylic acids is 3. The Morgan fingerprint density at radius 2 is 1.84 bits per heavy atom. The maximum absolute atomic E-state index is 13.2. The van der Waals surface area contributed by atoms with Crippen molar-refractivity contribution in [3.05, 3.63) is 70.5 Å². The van der Waals surface area contributed by atoms with Gasteiger partial charge in [0.15, 0.2) is 0 Å². The van der Waals surface area contributed by atoms with E-state index in [1.54, 1.807) is 42.5 Å². The molecule has 2 N–H and O–H groups in total. The van der Waals surface area contributed by atoms with Gasteiger partial charge < -0.3 is 20.4 Å². The van der Waals surface area contributed by atoms with E-state index in [1.807, 2.05) is 4.90 Å². The van der Waals surface area contributed by atoms with E-state index in [1.165, 1.54) is 17.0 Å². The number of urea groups is 1. The Morgan fingerprint density at radius 1 is 1.11 bits per heavy atom. The molecular formula is C27H29ClFN5O3. The second-order valence-electron chi connectivity index (χ2n) is 9.72. The number of carbonyl (C=O) groups is 3. The summed E-state index contributed by atoms with van der Waals surface area (Å²) < 4.78 is 13.2. The zero-order valence-corrected chi connectivity index (χ0v) is 21.1. The summed E-state index contributed by atoms with van der Waals surface area (Å²) in [6.45, 7) is 3.10. The standard InChI is InChI=1S/C27H29ClFN5O3/c28-20-5-3-19(24(13-20)31-27(37)33-12-11-30-25(35)17-33)4-10-26(36)34-22-8-9-23(34)16-32(15-22)14-18-1-6-21(29)7-2-18/h1-7,10,13,22-23H,8-9,11-12,14-17H2,(H,30,35)(H,31,37)/b10-4+. The monoisotopic (exact) mass is 525 g/mol.